The summed E-state index contributed by atoms with van der Waals surface area (Å²) in [5.41, 5.74) is 0. The molecule has 0 amide bonds. The zero-order chi connectivity index (χ0) is 40.6. The molecule has 1 saturated carbocycles. The van der Waals surface area contributed by atoms with Crippen LogP contribution in [0.1, 0.15) is 239 Å². The first-order valence-corrected chi connectivity index (χ1v) is 24.9. The Bertz CT molecular complexity index is 836. The van der Waals surface area contributed by atoms with Crippen LogP contribution in [0, 0.1) is 5.92 Å². The third-order valence-corrected chi connectivity index (χ3v) is 12.3. The number of hydrogen-bond donors (Lipinski definition) is 1. The Kier molecular flexibility index (Phi) is 38.3. The van der Waals surface area contributed by atoms with Crippen LogP contribution in [0.2, 0.25) is 0 Å². The molecule has 0 bridgehead atoms. The van der Waals surface area contributed by atoms with E-state index in [0.717, 1.165) is 71.1 Å². The largest absolute Gasteiger partial charge is 0.466 e. The first kappa shape index (κ1) is 52.8. The van der Waals surface area contributed by atoms with Crippen molar-refractivity contribution in [1.82, 2.24) is 9.80 Å². The fourth-order valence-electron chi connectivity index (χ4n) is 8.55. The van der Waals surface area contributed by atoms with E-state index in [2.05, 4.69) is 30.6 Å². The molecule has 1 fully saturated rings. The van der Waals surface area contributed by atoms with Crippen LogP contribution in [-0.2, 0) is 19.1 Å². The van der Waals surface area contributed by atoms with Gasteiger partial charge in [0.25, 0.3) is 0 Å². The number of carbonyl (C=O) groups is 2. The van der Waals surface area contributed by atoms with Gasteiger partial charge in [-0.2, -0.15) is 0 Å². The minimum absolute atomic E-state index is 0.0201. The molecule has 56 heavy (non-hydrogen) atoms. The maximum Gasteiger partial charge on any atom is 0.305 e. The van der Waals surface area contributed by atoms with Crippen molar-refractivity contribution >= 4 is 11.9 Å². The highest BCUT2D eigenvalue weighted by molar-refractivity contribution is 5.69. The van der Waals surface area contributed by atoms with Gasteiger partial charge in [-0.1, -0.05) is 168 Å². The predicted molar refractivity (Wildman–Crippen MR) is 238 cm³/mol. The van der Waals surface area contributed by atoms with E-state index in [0.29, 0.717) is 44.6 Å². The maximum atomic E-state index is 12.7. The Morgan fingerprint density at radius 2 is 1.00 bits per heavy atom. The summed E-state index contributed by atoms with van der Waals surface area (Å²) in [5.74, 6) is 0.476. The summed E-state index contributed by atoms with van der Waals surface area (Å²) < 4.78 is 11.4. The van der Waals surface area contributed by atoms with E-state index in [1.54, 1.807) is 0 Å². The number of aliphatic hydroxyl groups excluding tert-OH is 1. The summed E-state index contributed by atoms with van der Waals surface area (Å²) >= 11 is 0. The van der Waals surface area contributed by atoms with Crippen molar-refractivity contribution < 1.29 is 24.2 Å². The van der Waals surface area contributed by atoms with Gasteiger partial charge in [0.05, 0.1) is 19.8 Å². The van der Waals surface area contributed by atoms with Crippen molar-refractivity contribution in [2.24, 2.45) is 5.92 Å². The lowest BCUT2D eigenvalue weighted by atomic mass is 9.94. The molecule has 0 aliphatic heterocycles. The van der Waals surface area contributed by atoms with Gasteiger partial charge in [-0.25, -0.2) is 0 Å². The lowest BCUT2D eigenvalue weighted by molar-refractivity contribution is -0.145. The second-order valence-corrected chi connectivity index (χ2v) is 17.5. The van der Waals surface area contributed by atoms with Crippen LogP contribution in [0.25, 0.3) is 0 Å². The molecule has 1 aliphatic rings. The van der Waals surface area contributed by atoms with E-state index in [9.17, 15) is 14.7 Å². The zero-order valence-corrected chi connectivity index (χ0v) is 37.8. The van der Waals surface area contributed by atoms with E-state index in [4.69, 9.17) is 9.47 Å². The lowest BCUT2D eigenvalue weighted by Crippen LogP contribution is -2.43. The van der Waals surface area contributed by atoms with Crippen LogP contribution >= 0.6 is 0 Å². The first-order valence-electron chi connectivity index (χ1n) is 24.9. The summed E-state index contributed by atoms with van der Waals surface area (Å²) in [6.45, 7) is 12.9. The van der Waals surface area contributed by atoms with Gasteiger partial charge in [0, 0.05) is 38.5 Å². The fourth-order valence-corrected chi connectivity index (χ4v) is 8.55. The van der Waals surface area contributed by atoms with Crippen LogP contribution < -0.4 is 0 Å². The third-order valence-electron chi connectivity index (χ3n) is 12.3. The standard InChI is InChI=1S/C49H96N2O5/c1-4-7-10-13-14-15-16-19-31-44-55-48(53)36-28-22-30-39-51(47-34-25-20-26-35-47)41-40-50(42-43-52)38-29-21-27-37-49(54)56-45-46(32-23-17-11-8-5-2)33-24-18-12-9-6-3/h46-47,52H,4-45H2,1-3H3. The smallest absolute Gasteiger partial charge is 0.305 e. The zero-order valence-electron chi connectivity index (χ0n) is 37.8. The monoisotopic (exact) mass is 793 g/mol. The molecule has 0 atom stereocenters. The molecule has 0 radical (unpaired) electrons. The molecular weight excluding hydrogens is 697 g/mol. The van der Waals surface area contributed by atoms with Gasteiger partial charge in [0.2, 0.25) is 0 Å². The quantitative estimate of drug-likeness (QED) is 0.0487. The van der Waals surface area contributed by atoms with Crippen LogP contribution in [0.4, 0.5) is 0 Å². The van der Waals surface area contributed by atoms with Crippen LogP contribution in [0.3, 0.4) is 0 Å². The van der Waals surface area contributed by atoms with E-state index in [-0.39, 0.29) is 18.5 Å². The number of hydrogen-bond acceptors (Lipinski definition) is 7. The summed E-state index contributed by atoms with van der Waals surface area (Å²) in [4.78, 5) is 30.1. The summed E-state index contributed by atoms with van der Waals surface area (Å²) in [6, 6.07) is 0.661. The average Bonchev–Trinajstić information content (AvgIpc) is 3.21. The molecule has 1 N–H and O–H groups in total. The van der Waals surface area contributed by atoms with Crippen molar-refractivity contribution in [3.63, 3.8) is 0 Å². The highest BCUT2D eigenvalue weighted by Gasteiger charge is 2.21. The van der Waals surface area contributed by atoms with Gasteiger partial charge in [-0.15, -0.1) is 0 Å². The Hall–Kier alpha value is -1.18. The Labute approximate surface area is 348 Å². The third kappa shape index (κ3) is 32.7. The van der Waals surface area contributed by atoms with Crippen LogP contribution in [-0.4, -0.2) is 85.4 Å². The van der Waals surface area contributed by atoms with Crippen molar-refractivity contribution in [3.05, 3.63) is 0 Å². The Morgan fingerprint density at radius 3 is 1.55 bits per heavy atom. The van der Waals surface area contributed by atoms with E-state index < -0.39 is 0 Å². The number of aliphatic hydroxyl groups is 1. The highest BCUT2D eigenvalue weighted by atomic mass is 16.5. The van der Waals surface area contributed by atoms with Gasteiger partial charge < -0.3 is 14.6 Å². The second kappa shape index (κ2) is 40.6. The summed E-state index contributed by atoms with van der Waals surface area (Å²) in [6.07, 6.45) is 40.6. The molecule has 0 heterocycles. The predicted octanol–water partition coefficient (Wildman–Crippen LogP) is 13.0. The van der Waals surface area contributed by atoms with Crippen molar-refractivity contribution in [1.29, 1.82) is 0 Å². The molecule has 1 aliphatic carbocycles. The fraction of sp³-hybridized carbons (Fsp3) is 0.959. The number of carbonyl (C=O) groups excluding carboxylic acids is 2. The van der Waals surface area contributed by atoms with Crippen molar-refractivity contribution in [3.8, 4) is 0 Å². The van der Waals surface area contributed by atoms with Crippen LogP contribution in [0.15, 0.2) is 0 Å². The molecule has 0 saturated heterocycles. The molecule has 7 nitrogen and oxygen atoms in total. The van der Waals surface area contributed by atoms with Crippen molar-refractivity contribution in [2.45, 2.75) is 245 Å². The SMILES string of the molecule is CCCCCCCCCCCOC(=O)CCCCCN(CCN(CCO)CCCCCC(=O)OCC(CCCCCCC)CCCCCCC)C1CCCCC1. The van der Waals surface area contributed by atoms with E-state index in [1.165, 1.54) is 161 Å². The molecule has 332 valence electrons. The van der Waals surface area contributed by atoms with Gasteiger partial charge in [0.15, 0.2) is 0 Å². The molecule has 0 spiro atoms. The molecule has 0 aromatic carbocycles. The maximum absolute atomic E-state index is 12.7. The van der Waals surface area contributed by atoms with Gasteiger partial charge in [-0.3, -0.25) is 19.4 Å². The summed E-state index contributed by atoms with van der Waals surface area (Å²) in [5, 5.41) is 9.84. The topological polar surface area (TPSA) is 79.3 Å². The molecule has 0 unspecified atom stereocenters. The summed E-state index contributed by atoms with van der Waals surface area (Å²) in [7, 11) is 0. The Morgan fingerprint density at radius 1 is 0.518 bits per heavy atom. The van der Waals surface area contributed by atoms with E-state index in [1.807, 2.05) is 0 Å². The number of ether oxygens (including phenoxy) is 2. The number of rotatable bonds is 42. The molecule has 0 aromatic heterocycles. The second-order valence-electron chi connectivity index (χ2n) is 17.5. The van der Waals surface area contributed by atoms with Gasteiger partial charge in [-0.05, 0) is 76.8 Å². The van der Waals surface area contributed by atoms with Gasteiger partial charge >= 0.3 is 11.9 Å². The molecule has 7 heteroatoms. The molecule has 0 aromatic rings. The number of unbranched alkanes of at least 4 members (excludes halogenated alkanes) is 20. The molecule has 1 rings (SSSR count). The normalized spacial score (nSPS) is 13.7. The number of esters is 2. The Balaban J connectivity index is 2.31. The average molecular weight is 793 g/mol. The first-order chi connectivity index (χ1) is 27.5. The van der Waals surface area contributed by atoms with Crippen LogP contribution in [0.5, 0.6) is 0 Å². The highest BCUT2D eigenvalue weighted by Crippen LogP contribution is 2.24. The van der Waals surface area contributed by atoms with Gasteiger partial charge in [0.1, 0.15) is 0 Å². The minimum Gasteiger partial charge on any atom is -0.466 e. The minimum atomic E-state index is -0.0223. The molecular formula is C49H96N2O5. The van der Waals surface area contributed by atoms with E-state index >= 15 is 0 Å². The lowest BCUT2D eigenvalue weighted by Gasteiger charge is -2.36. The van der Waals surface area contributed by atoms with Crippen molar-refractivity contribution in [2.75, 3.05) is 52.5 Å². The number of nitrogens with zero attached hydrogens (tertiary/aromatic N) is 2.